The Morgan fingerprint density at radius 2 is 1.71 bits per heavy atom. The Morgan fingerprint density at radius 3 is 2.35 bits per heavy atom. The van der Waals surface area contributed by atoms with Crippen LogP contribution in [-0.4, -0.2) is 44.1 Å². The van der Waals surface area contributed by atoms with Crippen molar-refractivity contribution < 1.29 is 23.9 Å². The number of benzene rings is 2. The Labute approximate surface area is 181 Å². The number of nitrogens with zero attached hydrogens (tertiary/aromatic N) is 2. The van der Waals surface area contributed by atoms with Crippen molar-refractivity contribution in [3.05, 3.63) is 59.7 Å². The summed E-state index contributed by atoms with van der Waals surface area (Å²) >= 11 is 0. The molecule has 0 spiro atoms. The van der Waals surface area contributed by atoms with Gasteiger partial charge in [0.25, 0.3) is 11.8 Å². The van der Waals surface area contributed by atoms with Gasteiger partial charge in [-0.05, 0) is 49.2 Å². The molecular weight excluding hydrogens is 398 g/mol. The molecule has 2 amide bonds. The molecule has 31 heavy (non-hydrogen) atoms. The van der Waals surface area contributed by atoms with Gasteiger partial charge in [0.2, 0.25) is 0 Å². The monoisotopic (exact) mass is 423 g/mol. The first kappa shape index (κ1) is 23.4. The van der Waals surface area contributed by atoms with Crippen molar-refractivity contribution in [3.8, 4) is 11.8 Å². The first-order valence-corrected chi connectivity index (χ1v) is 9.75. The minimum absolute atomic E-state index is 0.143. The first-order valence-electron chi connectivity index (χ1n) is 9.75. The highest BCUT2D eigenvalue weighted by molar-refractivity contribution is 5.95. The molecule has 1 N–H and O–H groups in total. The Hall–Kier alpha value is -3.86. The van der Waals surface area contributed by atoms with Crippen molar-refractivity contribution in [3.63, 3.8) is 0 Å². The predicted molar refractivity (Wildman–Crippen MR) is 114 cm³/mol. The van der Waals surface area contributed by atoms with E-state index in [0.29, 0.717) is 11.4 Å². The number of para-hydroxylation sites is 1. The van der Waals surface area contributed by atoms with Gasteiger partial charge in [-0.3, -0.25) is 14.4 Å². The maximum atomic E-state index is 12.6. The quantitative estimate of drug-likeness (QED) is 0.588. The third-order valence-corrected chi connectivity index (χ3v) is 4.17. The zero-order valence-electron chi connectivity index (χ0n) is 17.6. The molecular formula is C23H25N3O5. The summed E-state index contributed by atoms with van der Waals surface area (Å²) in [5.74, 6) is -1.15. The Morgan fingerprint density at radius 1 is 1.03 bits per heavy atom. The van der Waals surface area contributed by atoms with E-state index in [9.17, 15) is 14.4 Å². The van der Waals surface area contributed by atoms with Crippen LogP contribution in [0.4, 0.5) is 5.69 Å². The molecule has 0 heterocycles. The van der Waals surface area contributed by atoms with E-state index in [0.717, 1.165) is 11.1 Å². The number of nitrogens with one attached hydrogen (secondary N) is 1. The van der Waals surface area contributed by atoms with Crippen molar-refractivity contribution in [2.24, 2.45) is 0 Å². The lowest BCUT2D eigenvalue weighted by Crippen LogP contribution is -2.38. The van der Waals surface area contributed by atoms with Gasteiger partial charge < -0.3 is 19.7 Å². The summed E-state index contributed by atoms with van der Waals surface area (Å²) in [5, 5.41) is 11.3. The maximum absolute atomic E-state index is 12.6. The Kier molecular flexibility index (Phi) is 9.05. The number of rotatable bonds is 10. The van der Waals surface area contributed by atoms with Gasteiger partial charge in [-0.1, -0.05) is 24.3 Å². The summed E-state index contributed by atoms with van der Waals surface area (Å²) in [5.41, 5.74) is 2.59. The van der Waals surface area contributed by atoms with Crippen LogP contribution in [0.1, 0.15) is 17.5 Å². The molecule has 0 unspecified atom stereocenters. The van der Waals surface area contributed by atoms with Crippen LogP contribution in [0, 0.1) is 25.2 Å². The number of ether oxygens (including phenoxy) is 2. The smallest absolute Gasteiger partial charge is 0.325 e. The largest absolute Gasteiger partial charge is 0.484 e. The van der Waals surface area contributed by atoms with E-state index in [1.807, 2.05) is 44.2 Å². The highest BCUT2D eigenvalue weighted by atomic mass is 16.5. The maximum Gasteiger partial charge on any atom is 0.325 e. The van der Waals surface area contributed by atoms with Gasteiger partial charge in [-0.15, -0.1) is 0 Å². The summed E-state index contributed by atoms with van der Waals surface area (Å²) in [6, 6.07) is 16.4. The molecule has 8 heteroatoms. The average Bonchev–Trinajstić information content (AvgIpc) is 2.75. The second-order valence-electron chi connectivity index (χ2n) is 6.84. The van der Waals surface area contributed by atoms with E-state index in [4.69, 9.17) is 14.7 Å². The second-order valence-corrected chi connectivity index (χ2v) is 6.84. The molecule has 0 radical (unpaired) electrons. The molecule has 0 aromatic heterocycles. The van der Waals surface area contributed by atoms with Crippen molar-refractivity contribution >= 4 is 23.5 Å². The van der Waals surface area contributed by atoms with E-state index in [1.54, 1.807) is 24.3 Å². The SMILES string of the molecule is Cc1cc(C)cc(N(CCC#N)C(=O)COC(=O)CNC(=O)COc2ccccc2)c1. The molecule has 0 fully saturated rings. The molecule has 8 nitrogen and oxygen atoms in total. The van der Waals surface area contributed by atoms with E-state index >= 15 is 0 Å². The molecule has 0 aliphatic heterocycles. The van der Waals surface area contributed by atoms with E-state index < -0.39 is 24.4 Å². The Balaban J connectivity index is 1.82. The number of aryl methyl sites for hydroxylation is 2. The fourth-order valence-electron chi connectivity index (χ4n) is 2.82. The molecule has 0 saturated carbocycles. The van der Waals surface area contributed by atoms with Gasteiger partial charge >= 0.3 is 5.97 Å². The fraction of sp³-hybridized carbons (Fsp3) is 0.304. The van der Waals surface area contributed by atoms with Crippen LogP contribution in [0.2, 0.25) is 0 Å². The number of nitriles is 1. The molecule has 2 aromatic rings. The highest BCUT2D eigenvalue weighted by Gasteiger charge is 2.18. The van der Waals surface area contributed by atoms with Gasteiger partial charge in [0.1, 0.15) is 12.3 Å². The molecule has 0 bridgehead atoms. The van der Waals surface area contributed by atoms with Gasteiger partial charge in [-0.25, -0.2) is 0 Å². The third-order valence-electron chi connectivity index (χ3n) is 4.17. The van der Waals surface area contributed by atoms with Crippen molar-refractivity contribution in [2.45, 2.75) is 20.3 Å². The number of carbonyl (C=O) groups is 3. The van der Waals surface area contributed by atoms with Crippen LogP contribution in [0.15, 0.2) is 48.5 Å². The lowest BCUT2D eigenvalue weighted by Gasteiger charge is -2.22. The summed E-state index contributed by atoms with van der Waals surface area (Å²) in [7, 11) is 0. The van der Waals surface area contributed by atoms with Crippen molar-refractivity contribution in [1.82, 2.24) is 5.32 Å². The van der Waals surface area contributed by atoms with Crippen LogP contribution >= 0.6 is 0 Å². The van der Waals surface area contributed by atoms with Crippen LogP contribution in [0.3, 0.4) is 0 Å². The van der Waals surface area contributed by atoms with Gasteiger partial charge in [0.15, 0.2) is 13.2 Å². The van der Waals surface area contributed by atoms with Crippen LogP contribution in [0.25, 0.3) is 0 Å². The zero-order valence-corrected chi connectivity index (χ0v) is 17.6. The zero-order chi connectivity index (χ0) is 22.6. The van der Waals surface area contributed by atoms with E-state index in [1.165, 1.54) is 4.90 Å². The topological polar surface area (TPSA) is 109 Å². The van der Waals surface area contributed by atoms with Gasteiger partial charge in [0, 0.05) is 12.2 Å². The number of carbonyl (C=O) groups excluding carboxylic acids is 3. The minimum atomic E-state index is -0.748. The molecule has 162 valence electrons. The van der Waals surface area contributed by atoms with E-state index in [-0.39, 0.29) is 26.1 Å². The Bertz CT molecular complexity index is 933. The van der Waals surface area contributed by atoms with Crippen LogP contribution in [-0.2, 0) is 19.1 Å². The standard InChI is InChI=1S/C23H25N3O5/c1-17-11-18(2)13-19(12-17)26(10-6-9-24)22(28)16-31-23(29)14-25-21(27)15-30-20-7-4-3-5-8-20/h3-5,7-8,11-13H,6,10,14-16H2,1-2H3,(H,25,27). The molecule has 2 rings (SSSR count). The molecule has 0 saturated heterocycles. The van der Waals surface area contributed by atoms with Gasteiger partial charge in [-0.2, -0.15) is 5.26 Å². The fourth-order valence-corrected chi connectivity index (χ4v) is 2.82. The molecule has 0 aliphatic carbocycles. The predicted octanol–water partition coefficient (Wildman–Crippen LogP) is 2.29. The lowest BCUT2D eigenvalue weighted by molar-refractivity contribution is -0.147. The van der Waals surface area contributed by atoms with Crippen molar-refractivity contribution in [1.29, 1.82) is 5.26 Å². The normalized spacial score (nSPS) is 9.97. The van der Waals surface area contributed by atoms with Crippen LogP contribution < -0.4 is 15.0 Å². The number of amides is 2. The molecule has 0 aliphatic rings. The molecule has 0 atom stereocenters. The third kappa shape index (κ3) is 8.19. The summed E-state index contributed by atoms with van der Waals surface area (Å²) < 4.78 is 10.3. The second kappa shape index (κ2) is 12.0. The molecule has 2 aromatic carbocycles. The number of hydrogen-bond acceptors (Lipinski definition) is 6. The summed E-state index contributed by atoms with van der Waals surface area (Å²) in [6.07, 6.45) is 0.143. The van der Waals surface area contributed by atoms with Crippen LogP contribution in [0.5, 0.6) is 5.75 Å². The first-order chi connectivity index (χ1) is 14.9. The average molecular weight is 423 g/mol. The summed E-state index contributed by atoms with van der Waals surface area (Å²) in [4.78, 5) is 37.7. The number of esters is 1. The van der Waals surface area contributed by atoms with Crippen molar-refractivity contribution in [2.75, 3.05) is 31.2 Å². The number of anilines is 1. The van der Waals surface area contributed by atoms with E-state index in [2.05, 4.69) is 5.32 Å². The minimum Gasteiger partial charge on any atom is -0.484 e. The van der Waals surface area contributed by atoms with Gasteiger partial charge in [0.05, 0.1) is 12.5 Å². The summed E-state index contributed by atoms with van der Waals surface area (Å²) in [6.45, 7) is 2.88. The number of hydrogen-bond donors (Lipinski definition) is 1. The highest BCUT2D eigenvalue weighted by Crippen LogP contribution is 2.19. The lowest BCUT2D eigenvalue weighted by atomic mass is 10.1.